The van der Waals surface area contributed by atoms with Crippen molar-refractivity contribution >= 4 is 0 Å². The highest BCUT2D eigenvalue weighted by atomic mass is 16.3. The van der Waals surface area contributed by atoms with E-state index in [2.05, 4.69) is 26.8 Å². The molecule has 1 aromatic carbocycles. The smallest absolute Gasteiger partial charge is 0.0871 e. The molecule has 0 amide bonds. The van der Waals surface area contributed by atoms with Gasteiger partial charge in [-0.2, -0.15) is 0 Å². The van der Waals surface area contributed by atoms with E-state index in [9.17, 15) is 5.11 Å². The van der Waals surface area contributed by atoms with Crippen LogP contribution in [0.3, 0.4) is 0 Å². The fourth-order valence-corrected chi connectivity index (χ4v) is 1.70. The normalized spacial score (nSPS) is 14.3. The monoisotopic (exact) mass is 218 g/mol. The molecule has 0 radical (unpaired) electrons. The van der Waals surface area contributed by atoms with Crippen molar-refractivity contribution < 1.29 is 5.11 Å². The number of benzene rings is 1. The Hall–Kier alpha value is -1.08. The molecule has 1 nitrogen and oxygen atoms in total. The number of hydrogen-bond donors (Lipinski definition) is 1. The molecular formula is C15H22O. The summed E-state index contributed by atoms with van der Waals surface area (Å²) in [6.07, 6.45) is 3.85. The number of allylic oxidation sites excluding steroid dienone is 2. The molecular weight excluding hydrogens is 196 g/mol. The van der Waals surface area contributed by atoms with Crippen LogP contribution >= 0.6 is 0 Å². The molecule has 0 aliphatic rings. The standard InChI is InChI=1S/C15H22O/c1-12(2)6-5-11-15(4,16)14-9-7-13(3)8-10-14/h6-10,16H,5,11H2,1-4H3/t15-/m0/s1. The summed E-state index contributed by atoms with van der Waals surface area (Å²) in [5.41, 5.74) is 2.81. The summed E-state index contributed by atoms with van der Waals surface area (Å²) in [7, 11) is 0. The molecule has 1 atom stereocenters. The van der Waals surface area contributed by atoms with Gasteiger partial charge in [0.2, 0.25) is 0 Å². The lowest BCUT2D eigenvalue weighted by molar-refractivity contribution is 0.0487. The predicted octanol–water partition coefficient (Wildman–Crippen LogP) is 3.95. The number of hydrogen-bond acceptors (Lipinski definition) is 1. The quantitative estimate of drug-likeness (QED) is 0.759. The van der Waals surface area contributed by atoms with Crippen LogP contribution in [0.1, 0.15) is 44.7 Å². The molecule has 1 heteroatoms. The van der Waals surface area contributed by atoms with Crippen molar-refractivity contribution in [3.63, 3.8) is 0 Å². The summed E-state index contributed by atoms with van der Waals surface area (Å²) in [5.74, 6) is 0. The molecule has 1 N–H and O–H groups in total. The number of aryl methyl sites for hydroxylation is 1. The van der Waals surface area contributed by atoms with Crippen LogP contribution in [0.2, 0.25) is 0 Å². The first kappa shape index (κ1) is 13.0. The highest BCUT2D eigenvalue weighted by molar-refractivity contribution is 5.26. The summed E-state index contributed by atoms with van der Waals surface area (Å²) < 4.78 is 0. The van der Waals surface area contributed by atoms with Crippen LogP contribution in [-0.2, 0) is 5.60 Å². The van der Waals surface area contributed by atoms with E-state index in [0.29, 0.717) is 0 Å². The zero-order chi connectivity index (χ0) is 12.2. The summed E-state index contributed by atoms with van der Waals surface area (Å²) in [4.78, 5) is 0. The van der Waals surface area contributed by atoms with E-state index in [0.717, 1.165) is 18.4 Å². The van der Waals surface area contributed by atoms with Gasteiger partial charge in [0.05, 0.1) is 5.60 Å². The Labute approximate surface area is 98.8 Å². The Kier molecular flexibility index (Phi) is 4.31. The van der Waals surface area contributed by atoms with E-state index >= 15 is 0 Å². The van der Waals surface area contributed by atoms with Gasteiger partial charge in [-0.3, -0.25) is 0 Å². The molecule has 0 saturated heterocycles. The van der Waals surface area contributed by atoms with Crippen molar-refractivity contribution in [2.24, 2.45) is 0 Å². The largest absolute Gasteiger partial charge is 0.385 e. The molecule has 0 aromatic heterocycles. The number of aliphatic hydroxyl groups is 1. The SMILES string of the molecule is CC(C)=CCC[C@](C)(O)c1ccc(C)cc1. The molecule has 0 unspecified atom stereocenters. The van der Waals surface area contributed by atoms with Gasteiger partial charge >= 0.3 is 0 Å². The van der Waals surface area contributed by atoms with Crippen LogP contribution < -0.4 is 0 Å². The summed E-state index contributed by atoms with van der Waals surface area (Å²) >= 11 is 0. The van der Waals surface area contributed by atoms with Gasteiger partial charge in [0, 0.05) is 0 Å². The first-order valence-electron chi connectivity index (χ1n) is 5.85. The Morgan fingerprint density at radius 2 is 1.81 bits per heavy atom. The maximum Gasteiger partial charge on any atom is 0.0871 e. The van der Waals surface area contributed by atoms with Crippen LogP contribution in [-0.4, -0.2) is 5.11 Å². The van der Waals surface area contributed by atoms with E-state index in [1.807, 2.05) is 31.2 Å². The van der Waals surface area contributed by atoms with Crippen LogP contribution in [0.15, 0.2) is 35.9 Å². The average molecular weight is 218 g/mol. The Balaban J connectivity index is 2.69. The zero-order valence-corrected chi connectivity index (χ0v) is 10.7. The first-order valence-corrected chi connectivity index (χ1v) is 5.85. The maximum absolute atomic E-state index is 10.4. The van der Waals surface area contributed by atoms with E-state index in [-0.39, 0.29) is 0 Å². The van der Waals surface area contributed by atoms with Crippen LogP contribution in [0.25, 0.3) is 0 Å². The molecule has 16 heavy (non-hydrogen) atoms. The predicted molar refractivity (Wildman–Crippen MR) is 69.4 cm³/mol. The Morgan fingerprint density at radius 1 is 1.25 bits per heavy atom. The fourth-order valence-electron chi connectivity index (χ4n) is 1.70. The van der Waals surface area contributed by atoms with Crippen molar-refractivity contribution in [2.45, 2.75) is 46.1 Å². The van der Waals surface area contributed by atoms with Gasteiger partial charge in [0.15, 0.2) is 0 Å². The minimum Gasteiger partial charge on any atom is -0.385 e. The maximum atomic E-state index is 10.4. The molecule has 88 valence electrons. The highest BCUT2D eigenvalue weighted by Crippen LogP contribution is 2.26. The fraction of sp³-hybridized carbons (Fsp3) is 0.467. The molecule has 0 fully saturated rings. The van der Waals surface area contributed by atoms with Gasteiger partial charge in [0.1, 0.15) is 0 Å². The Bertz CT molecular complexity index is 354. The van der Waals surface area contributed by atoms with E-state index in [1.165, 1.54) is 11.1 Å². The molecule has 0 aliphatic carbocycles. The second-order valence-corrected chi connectivity index (χ2v) is 4.96. The van der Waals surface area contributed by atoms with Gasteiger partial charge < -0.3 is 5.11 Å². The van der Waals surface area contributed by atoms with Gasteiger partial charge in [-0.15, -0.1) is 0 Å². The van der Waals surface area contributed by atoms with Crippen molar-refractivity contribution in [3.8, 4) is 0 Å². The van der Waals surface area contributed by atoms with Crippen molar-refractivity contribution in [1.29, 1.82) is 0 Å². The lowest BCUT2D eigenvalue weighted by Crippen LogP contribution is -2.20. The minimum absolute atomic E-state index is 0.723. The summed E-state index contributed by atoms with van der Waals surface area (Å²) in [6.45, 7) is 8.11. The molecule has 0 aliphatic heterocycles. The lowest BCUT2D eigenvalue weighted by atomic mass is 9.90. The Morgan fingerprint density at radius 3 is 2.31 bits per heavy atom. The van der Waals surface area contributed by atoms with E-state index in [4.69, 9.17) is 0 Å². The highest BCUT2D eigenvalue weighted by Gasteiger charge is 2.21. The van der Waals surface area contributed by atoms with Gasteiger partial charge in [-0.25, -0.2) is 0 Å². The van der Waals surface area contributed by atoms with Gasteiger partial charge in [-0.1, -0.05) is 41.5 Å². The molecule has 0 bridgehead atoms. The lowest BCUT2D eigenvalue weighted by Gasteiger charge is -2.23. The molecule has 0 heterocycles. The van der Waals surface area contributed by atoms with Crippen LogP contribution in [0.4, 0.5) is 0 Å². The minimum atomic E-state index is -0.723. The van der Waals surface area contributed by atoms with E-state index in [1.54, 1.807) is 0 Å². The van der Waals surface area contributed by atoms with Crippen molar-refractivity contribution in [1.82, 2.24) is 0 Å². The molecule has 0 spiro atoms. The third-order valence-electron chi connectivity index (χ3n) is 2.86. The van der Waals surface area contributed by atoms with E-state index < -0.39 is 5.60 Å². The second-order valence-electron chi connectivity index (χ2n) is 4.96. The third kappa shape index (κ3) is 3.82. The molecule has 0 saturated carbocycles. The second kappa shape index (κ2) is 5.31. The number of rotatable bonds is 4. The van der Waals surface area contributed by atoms with Crippen molar-refractivity contribution in [2.75, 3.05) is 0 Å². The average Bonchev–Trinajstić information content (AvgIpc) is 2.17. The molecule has 1 aromatic rings. The van der Waals surface area contributed by atoms with Gasteiger partial charge in [-0.05, 0) is 46.1 Å². The zero-order valence-electron chi connectivity index (χ0n) is 10.7. The van der Waals surface area contributed by atoms with Crippen LogP contribution in [0.5, 0.6) is 0 Å². The van der Waals surface area contributed by atoms with Crippen LogP contribution in [0, 0.1) is 6.92 Å². The van der Waals surface area contributed by atoms with Gasteiger partial charge in [0.25, 0.3) is 0 Å². The topological polar surface area (TPSA) is 20.2 Å². The van der Waals surface area contributed by atoms with Crippen molar-refractivity contribution in [3.05, 3.63) is 47.0 Å². The molecule has 1 rings (SSSR count). The summed E-state index contributed by atoms with van der Waals surface area (Å²) in [6, 6.07) is 8.12. The summed E-state index contributed by atoms with van der Waals surface area (Å²) in [5, 5.41) is 10.4. The first-order chi connectivity index (χ1) is 7.42. The third-order valence-corrected chi connectivity index (χ3v) is 2.86.